The van der Waals surface area contributed by atoms with Crippen molar-refractivity contribution in [2.24, 2.45) is 0 Å². The van der Waals surface area contributed by atoms with Crippen molar-refractivity contribution >= 4 is 27.4 Å². The summed E-state index contributed by atoms with van der Waals surface area (Å²) in [5.74, 6) is 0.916. The van der Waals surface area contributed by atoms with Crippen molar-refractivity contribution in [3.8, 4) is 11.4 Å². The molecule has 10 nitrogen and oxygen atoms in total. The lowest BCUT2D eigenvalue weighted by molar-refractivity contribution is 0.0537. The highest BCUT2D eigenvalue weighted by Crippen LogP contribution is 2.40. The standard InChI is InChI=1S/C23H28N4O6S/c1-16-3-4-17(22(28)25-32-2)13-21(16)27-15-24-20-6-5-18(14-19(20)23(27)29)33-10-7-26-8-11-34(30,31)12-9-26/h3-6,13-15,30-31H,7-12H2,1-2H3,(H,25,28). The number of aromatic nitrogens is 2. The van der Waals surface area contributed by atoms with Gasteiger partial charge in [0.1, 0.15) is 18.7 Å². The van der Waals surface area contributed by atoms with Gasteiger partial charge in [0.15, 0.2) is 0 Å². The van der Waals surface area contributed by atoms with Crippen LogP contribution in [0.25, 0.3) is 16.6 Å². The Balaban J connectivity index is 1.54. The molecule has 0 unspecified atom stereocenters. The van der Waals surface area contributed by atoms with Gasteiger partial charge in [0.2, 0.25) is 0 Å². The van der Waals surface area contributed by atoms with Gasteiger partial charge < -0.3 is 4.74 Å². The van der Waals surface area contributed by atoms with Crippen molar-refractivity contribution in [3.63, 3.8) is 0 Å². The van der Waals surface area contributed by atoms with Gasteiger partial charge in [-0.05, 0) is 42.8 Å². The summed E-state index contributed by atoms with van der Waals surface area (Å²) < 4.78 is 26.7. The largest absolute Gasteiger partial charge is 0.492 e. The highest BCUT2D eigenvalue weighted by atomic mass is 32.3. The molecule has 4 rings (SSSR count). The Morgan fingerprint density at radius 2 is 1.94 bits per heavy atom. The third-order valence-corrected chi connectivity index (χ3v) is 7.47. The van der Waals surface area contributed by atoms with E-state index in [0.717, 1.165) is 5.56 Å². The molecule has 0 aliphatic carbocycles. The smallest absolute Gasteiger partial charge is 0.274 e. The highest BCUT2D eigenvalue weighted by molar-refractivity contribution is 8.24. The molecule has 2 heterocycles. The molecule has 1 saturated heterocycles. The first kappa shape index (κ1) is 24.2. The third kappa shape index (κ3) is 5.40. The zero-order valence-corrected chi connectivity index (χ0v) is 19.9. The Bertz CT molecular complexity index is 1250. The lowest BCUT2D eigenvalue weighted by Gasteiger charge is -2.40. The average molecular weight is 489 g/mol. The second-order valence-electron chi connectivity index (χ2n) is 8.14. The second kappa shape index (κ2) is 10.1. The molecule has 0 bridgehead atoms. The normalized spacial score (nSPS) is 16.8. The maximum absolute atomic E-state index is 13.3. The van der Waals surface area contributed by atoms with E-state index in [9.17, 15) is 18.7 Å². The van der Waals surface area contributed by atoms with Crippen LogP contribution in [0.3, 0.4) is 0 Å². The summed E-state index contributed by atoms with van der Waals surface area (Å²) in [4.78, 5) is 36.7. The van der Waals surface area contributed by atoms with Crippen molar-refractivity contribution in [1.82, 2.24) is 19.9 Å². The van der Waals surface area contributed by atoms with E-state index >= 15 is 0 Å². The first-order chi connectivity index (χ1) is 16.3. The average Bonchev–Trinajstić information content (AvgIpc) is 2.81. The zero-order chi connectivity index (χ0) is 24.3. The summed E-state index contributed by atoms with van der Waals surface area (Å²) in [6, 6.07) is 10.2. The van der Waals surface area contributed by atoms with E-state index in [2.05, 4.69) is 20.2 Å². The van der Waals surface area contributed by atoms with E-state index in [4.69, 9.17) is 4.74 Å². The van der Waals surface area contributed by atoms with E-state index in [0.29, 0.717) is 65.7 Å². The molecule has 0 radical (unpaired) electrons. The van der Waals surface area contributed by atoms with E-state index < -0.39 is 16.5 Å². The summed E-state index contributed by atoms with van der Waals surface area (Å²) in [5.41, 5.74) is 4.25. The number of nitrogens with one attached hydrogen (secondary N) is 1. The molecule has 0 spiro atoms. The summed E-state index contributed by atoms with van der Waals surface area (Å²) >= 11 is 0. The fraction of sp³-hybridized carbons (Fsp3) is 0.348. The highest BCUT2D eigenvalue weighted by Gasteiger charge is 2.21. The third-order valence-electron chi connectivity index (χ3n) is 5.80. The Kier molecular flexibility index (Phi) is 7.19. The van der Waals surface area contributed by atoms with Crippen LogP contribution >= 0.6 is 10.6 Å². The van der Waals surface area contributed by atoms with E-state index in [1.54, 1.807) is 36.4 Å². The van der Waals surface area contributed by atoms with Gasteiger partial charge in [-0.15, -0.1) is 0 Å². The molecule has 3 aromatic rings. The van der Waals surface area contributed by atoms with Crippen molar-refractivity contribution in [2.45, 2.75) is 6.92 Å². The SMILES string of the molecule is CONC(=O)c1ccc(C)c(-n2cnc3ccc(OCCN4CCS(O)(O)CC4)cc3c2=O)c1. The number of carbonyl (C=O) groups excluding carboxylic acids is 1. The number of hydrogen-bond donors (Lipinski definition) is 3. The molecule has 1 aliphatic heterocycles. The van der Waals surface area contributed by atoms with Crippen LogP contribution in [0.2, 0.25) is 0 Å². The minimum atomic E-state index is -2.42. The fourth-order valence-corrected chi connectivity index (χ4v) is 5.11. The lowest BCUT2D eigenvalue weighted by atomic mass is 10.1. The summed E-state index contributed by atoms with van der Waals surface area (Å²) in [6.07, 6.45) is 1.45. The summed E-state index contributed by atoms with van der Waals surface area (Å²) in [5, 5.41) is 0.401. The number of amides is 1. The molecule has 2 aromatic carbocycles. The van der Waals surface area contributed by atoms with Crippen LogP contribution in [0.5, 0.6) is 5.75 Å². The monoisotopic (exact) mass is 488 g/mol. The topological polar surface area (TPSA) is 126 Å². The predicted octanol–water partition coefficient (Wildman–Crippen LogP) is 2.43. The molecule has 182 valence electrons. The minimum Gasteiger partial charge on any atom is -0.492 e. The van der Waals surface area contributed by atoms with Crippen molar-refractivity contribution in [1.29, 1.82) is 0 Å². The molecule has 1 fully saturated rings. The summed E-state index contributed by atoms with van der Waals surface area (Å²) in [7, 11) is -1.06. The van der Waals surface area contributed by atoms with E-state index in [1.165, 1.54) is 18.0 Å². The predicted molar refractivity (Wildman–Crippen MR) is 131 cm³/mol. The van der Waals surface area contributed by atoms with Crippen molar-refractivity contribution in [3.05, 3.63) is 64.2 Å². The molecule has 11 heteroatoms. The second-order valence-corrected chi connectivity index (χ2v) is 10.6. The van der Waals surface area contributed by atoms with Gasteiger partial charge in [-0.1, -0.05) is 6.07 Å². The number of ether oxygens (including phenoxy) is 1. The Hall–Kier alpha value is -2.96. The first-order valence-electron chi connectivity index (χ1n) is 10.8. The van der Waals surface area contributed by atoms with Gasteiger partial charge in [0, 0.05) is 25.2 Å². The van der Waals surface area contributed by atoms with Crippen LogP contribution in [0, 0.1) is 6.92 Å². The number of aryl methyl sites for hydroxylation is 1. The van der Waals surface area contributed by atoms with Gasteiger partial charge in [0.05, 0.1) is 35.2 Å². The Morgan fingerprint density at radius 3 is 2.68 bits per heavy atom. The molecule has 1 aliphatic rings. The Morgan fingerprint density at radius 1 is 1.18 bits per heavy atom. The summed E-state index contributed by atoms with van der Waals surface area (Å²) in [6.45, 7) is 4.16. The van der Waals surface area contributed by atoms with Gasteiger partial charge in [-0.3, -0.25) is 33.0 Å². The van der Waals surface area contributed by atoms with E-state index in [-0.39, 0.29) is 5.56 Å². The molecular weight excluding hydrogens is 460 g/mol. The number of benzene rings is 2. The van der Waals surface area contributed by atoms with Gasteiger partial charge in [-0.25, -0.2) is 10.5 Å². The minimum absolute atomic E-state index is 0.274. The molecule has 1 aromatic heterocycles. The van der Waals surface area contributed by atoms with Gasteiger partial charge in [-0.2, -0.15) is 10.6 Å². The van der Waals surface area contributed by atoms with Crippen LogP contribution in [-0.4, -0.2) is 74.3 Å². The van der Waals surface area contributed by atoms with E-state index in [1.807, 2.05) is 6.92 Å². The molecule has 3 N–H and O–H groups in total. The molecule has 0 saturated carbocycles. The number of hydrogen-bond acceptors (Lipinski definition) is 8. The Labute approximate surface area is 198 Å². The maximum atomic E-state index is 13.3. The number of nitrogens with zero attached hydrogens (tertiary/aromatic N) is 3. The molecule has 34 heavy (non-hydrogen) atoms. The van der Waals surface area contributed by atoms with Gasteiger partial charge >= 0.3 is 0 Å². The number of fused-ring (bicyclic) bond motifs is 1. The molecule has 1 amide bonds. The van der Waals surface area contributed by atoms with Crippen molar-refractivity contribution < 1.29 is 23.5 Å². The van der Waals surface area contributed by atoms with Crippen LogP contribution < -0.4 is 15.8 Å². The zero-order valence-electron chi connectivity index (χ0n) is 19.1. The lowest BCUT2D eigenvalue weighted by Crippen LogP contribution is -2.40. The number of hydroxylamine groups is 1. The van der Waals surface area contributed by atoms with Crippen molar-refractivity contribution in [2.75, 3.05) is 44.9 Å². The maximum Gasteiger partial charge on any atom is 0.274 e. The number of carbonyl (C=O) groups is 1. The number of rotatable bonds is 7. The van der Waals surface area contributed by atoms with Crippen LogP contribution in [0.15, 0.2) is 47.5 Å². The van der Waals surface area contributed by atoms with Crippen LogP contribution in [0.1, 0.15) is 15.9 Å². The quantitative estimate of drug-likeness (QED) is 0.433. The van der Waals surface area contributed by atoms with Crippen LogP contribution in [0.4, 0.5) is 0 Å². The van der Waals surface area contributed by atoms with Crippen LogP contribution in [-0.2, 0) is 4.84 Å². The molecule has 0 atom stereocenters. The first-order valence-corrected chi connectivity index (χ1v) is 12.7. The molecular formula is C23H28N4O6S. The van der Waals surface area contributed by atoms with Gasteiger partial charge in [0.25, 0.3) is 11.5 Å². The fourth-order valence-electron chi connectivity index (χ4n) is 3.81.